The van der Waals surface area contributed by atoms with E-state index in [-0.39, 0.29) is 6.54 Å². The van der Waals surface area contributed by atoms with Gasteiger partial charge < -0.3 is 5.11 Å². The number of hydrogen-bond donors (Lipinski definition) is 1. The summed E-state index contributed by atoms with van der Waals surface area (Å²) in [5.74, 6) is -0.596. The second-order valence-electron chi connectivity index (χ2n) is 5.37. The van der Waals surface area contributed by atoms with E-state index in [2.05, 4.69) is 0 Å². The van der Waals surface area contributed by atoms with E-state index in [4.69, 9.17) is 0 Å². The topological polar surface area (TPSA) is 23.5 Å². The predicted octanol–water partition coefficient (Wildman–Crippen LogP) is 2.68. The van der Waals surface area contributed by atoms with Gasteiger partial charge in [0.05, 0.1) is 6.61 Å². The summed E-state index contributed by atoms with van der Waals surface area (Å²) >= 11 is 0. The Morgan fingerprint density at radius 3 is 2.42 bits per heavy atom. The van der Waals surface area contributed by atoms with E-state index in [1.807, 2.05) is 30.3 Å². The van der Waals surface area contributed by atoms with E-state index in [0.717, 1.165) is 5.56 Å². The number of likely N-dealkylation sites (tertiary alicyclic amines) is 1. The average molecular weight is 273 g/mol. The standard InChI is InChI=1S/C14H18F3NO/c1-11-7-18(8-12-5-3-2-4-6-12)9-13(11,10-19)14(15,16)17/h2-6,11,19H,7-10H2,1H3/t11-,13-/m0/s1. The summed E-state index contributed by atoms with van der Waals surface area (Å²) in [5, 5.41) is 9.26. The number of benzene rings is 1. The van der Waals surface area contributed by atoms with Crippen molar-refractivity contribution in [3.05, 3.63) is 35.9 Å². The first-order chi connectivity index (χ1) is 8.89. The molecule has 106 valence electrons. The van der Waals surface area contributed by atoms with Crippen LogP contribution in [0.5, 0.6) is 0 Å². The molecule has 5 heteroatoms. The molecule has 2 atom stereocenters. The molecule has 0 aliphatic carbocycles. The number of alkyl halides is 3. The summed E-state index contributed by atoms with van der Waals surface area (Å²) in [7, 11) is 0. The van der Waals surface area contributed by atoms with Crippen LogP contribution < -0.4 is 0 Å². The third-order valence-electron chi connectivity index (χ3n) is 4.08. The van der Waals surface area contributed by atoms with Crippen LogP contribution in [0.1, 0.15) is 12.5 Å². The molecule has 19 heavy (non-hydrogen) atoms. The Morgan fingerprint density at radius 1 is 1.32 bits per heavy atom. The lowest BCUT2D eigenvalue weighted by molar-refractivity contribution is -0.242. The Hall–Kier alpha value is -1.07. The van der Waals surface area contributed by atoms with Gasteiger partial charge in [-0.3, -0.25) is 4.90 Å². The van der Waals surface area contributed by atoms with Crippen LogP contribution in [-0.2, 0) is 6.54 Å². The van der Waals surface area contributed by atoms with Gasteiger partial charge in [-0.25, -0.2) is 0 Å². The highest BCUT2D eigenvalue weighted by Gasteiger charge is 2.61. The summed E-state index contributed by atoms with van der Waals surface area (Å²) in [5.41, 5.74) is -0.993. The smallest absolute Gasteiger partial charge is 0.395 e. The molecule has 2 nitrogen and oxygen atoms in total. The first-order valence-corrected chi connectivity index (χ1v) is 6.33. The summed E-state index contributed by atoms with van der Waals surface area (Å²) in [4.78, 5) is 1.77. The van der Waals surface area contributed by atoms with Crippen LogP contribution in [0.15, 0.2) is 30.3 Å². The van der Waals surface area contributed by atoms with Gasteiger partial charge >= 0.3 is 6.18 Å². The Labute approximate surface area is 110 Å². The van der Waals surface area contributed by atoms with E-state index >= 15 is 0 Å². The minimum absolute atomic E-state index is 0.136. The van der Waals surface area contributed by atoms with E-state index in [9.17, 15) is 18.3 Å². The molecule has 1 aliphatic rings. The van der Waals surface area contributed by atoms with E-state index < -0.39 is 24.1 Å². The highest BCUT2D eigenvalue weighted by atomic mass is 19.4. The van der Waals surface area contributed by atoms with Crippen molar-refractivity contribution in [3.8, 4) is 0 Å². The Balaban J connectivity index is 2.13. The lowest BCUT2D eigenvalue weighted by atomic mass is 9.79. The van der Waals surface area contributed by atoms with Gasteiger partial charge in [0.1, 0.15) is 5.41 Å². The molecule has 1 fully saturated rings. The van der Waals surface area contributed by atoms with Gasteiger partial charge in [0.15, 0.2) is 0 Å². The molecule has 1 aromatic carbocycles. The zero-order valence-corrected chi connectivity index (χ0v) is 10.8. The van der Waals surface area contributed by atoms with Gasteiger partial charge in [-0.15, -0.1) is 0 Å². The maximum atomic E-state index is 13.2. The Morgan fingerprint density at radius 2 is 1.95 bits per heavy atom. The summed E-state index contributed by atoms with van der Waals surface area (Å²) in [6.45, 7) is 1.43. The van der Waals surface area contributed by atoms with Gasteiger partial charge in [0.25, 0.3) is 0 Å². The normalized spacial score (nSPS) is 28.8. The zero-order valence-electron chi connectivity index (χ0n) is 10.8. The SMILES string of the molecule is C[C@H]1CN(Cc2ccccc2)C[C@@]1(CO)C(F)(F)F. The van der Waals surface area contributed by atoms with Gasteiger partial charge in [0, 0.05) is 19.6 Å². The summed E-state index contributed by atoms with van der Waals surface area (Å²) in [6.07, 6.45) is -4.37. The fourth-order valence-electron chi connectivity index (χ4n) is 2.81. The molecular formula is C14H18F3NO. The minimum atomic E-state index is -4.37. The van der Waals surface area contributed by atoms with Gasteiger partial charge in [-0.1, -0.05) is 37.3 Å². The Bertz CT molecular complexity index is 420. The van der Waals surface area contributed by atoms with Crippen LogP contribution in [0.3, 0.4) is 0 Å². The lowest BCUT2D eigenvalue weighted by Crippen LogP contribution is -2.47. The number of rotatable bonds is 3. The second kappa shape index (κ2) is 5.13. The molecule has 0 bridgehead atoms. The minimum Gasteiger partial charge on any atom is -0.395 e. The molecule has 2 rings (SSSR count). The number of aliphatic hydroxyl groups is 1. The van der Waals surface area contributed by atoms with Crippen LogP contribution in [0.2, 0.25) is 0 Å². The van der Waals surface area contributed by atoms with Gasteiger partial charge in [0.2, 0.25) is 0 Å². The monoisotopic (exact) mass is 273 g/mol. The van der Waals surface area contributed by atoms with Crippen molar-refractivity contribution in [2.24, 2.45) is 11.3 Å². The summed E-state index contributed by atoms with van der Waals surface area (Å²) in [6, 6.07) is 9.42. The molecule has 0 radical (unpaired) electrons. The number of hydrogen-bond acceptors (Lipinski definition) is 2. The highest BCUT2D eigenvalue weighted by molar-refractivity contribution is 5.15. The molecule has 1 saturated heterocycles. The fourth-order valence-corrected chi connectivity index (χ4v) is 2.81. The van der Waals surface area contributed by atoms with E-state index in [0.29, 0.717) is 13.1 Å². The zero-order chi connectivity index (χ0) is 14.1. The maximum absolute atomic E-state index is 13.2. The molecule has 0 unspecified atom stereocenters. The lowest BCUT2D eigenvalue weighted by Gasteiger charge is -2.33. The predicted molar refractivity (Wildman–Crippen MR) is 66.5 cm³/mol. The molecule has 1 heterocycles. The molecule has 1 aromatic rings. The number of nitrogens with zero attached hydrogens (tertiary/aromatic N) is 1. The largest absolute Gasteiger partial charge is 0.398 e. The summed E-state index contributed by atoms with van der Waals surface area (Å²) < 4.78 is 39.6. The molecule has 0 spiro atoms. The van der Waals surface area contributed by atoms with Crippen LogP contribution >= 0.6 is 0 Å². The third kappa shape index (κ3) is 2.62. The van der Waals surface area contributed by atoms with E-state index in [1.165, 1.54) is 0 Å². The van der Waals surface area contributed by atoms with Crippen molar-refractivity contribution in [2.45, 2.75) is 19.6 Å². The van der Waals surface area contributed by atoms with Crippen LogP contribution in [0, 0.1) is 11.3 Å². The third-order valence-corrected chi connectivity index (χ3v) is 4.08. The van der Waals surface area contributed by atoms with Crippen LogP contribution in [0.4, 0.5) is 13.2 Å². The van der Waals surface area contributed by atoms with Crippen molar-refractivity contribution in [1.82, 2.24) is 4.90 Å². The van der Waals surface area contributed by atoms with E-state index in [1.54, 1.807) is 11.8 Å². The molecule has 1 aliphatic heterocycles. The molecule has 1 N–H and O–H groups in total. The Kier molecular flexibility index (Phi) is 3.87. The van der Waals surface area contributed by atoms with Gasteiger partial charge in [-0.05, 0) is 11.5 Å². The van der Waals surface area contributed by atoms with Crippen molar-refractivity contribution in [2.75, 3.05) is 19.7 Å². The first kappa shape index (κ1) is 14.3. The first-order valence-electron chi connectivity index (χ1n) is 6.33. The molecule has 0 saturated carbocycles. The van der Waals surface area contributed by atoms with Gasteiger partial charge in [-0.2, -0.15) is 13.2 Å². The van der Waals surface area contributed by atoms with Crippen LogP contribution in [0.25, 0.3) is 0 Å². The molecule has 0 amide bonds. The quantitative estimate of drug-likeness (QED) is 0.915. The van der Waals surface area contributed by atoms with Crippen molar-refractivity contribution < 1.29 is 18.3 Å². The fraction of sp³-hybridized carbons (Fsp3) is 0.571. The molecular weight excluding hydrogens is 255 g/mol. The second-order valence-corrected chi connectivity index (χ2v) is 5.37. The highest BCUT2D eigenvalue weighted by Crippen LogP contribution is 2.48. The molecule has 0 aromatic heterocycles. The number of halogens is 3. The van der Waals surface area contributed by atoms with Crippen LogP contribution in [-0.4, -0.2) is 35.9 Å². The van der Waals surface area contributed by atoms with Crippen molar-refractivity contribution in [1.29, 1.82) is 0 Å². The van der Waals surface area contributed by atoms with Crippen molar-refractivity contribution >= 4 is 0 Å². The average Bonchev–Trinajstić information content (AvgIpc) is 2.67. The maximum Gasteiger partial charge on any atom is 0.398 e. The number of aliphatic hydroxyl groups excluding tert-OH is 1. The van der Waals surface area contributed by atoms with Crippen molar-refractivity contribution in [3.63, 3.8) is 0 Å².